The van der Waals surface area contributed by atoms with E-state index in [9.17, 15) is 22.8 Å². The fourth-order valence-corrected chi connectivity index (χ4v) is 1.79. The average molecular weight is 345 g/mol. The van der Waals surface area contributed by atoms with Gasteiger partial charge in [-0.3, -0.25) is 20.0 Å². The second-order valence-electron chi connectivity index (χ2n) is 5.17. The molecule has 0 aliphatic heterocycles. The van der Waals surface area contributed by atoms with Crippen LogP contribution in [0, 0.1) is 5.92 Å². The Labute approximate surface area is 133 Å². The van der Waals surface area contributed by atoms with Gasteiger partial charge >= 0.3 is 6.18 Å². The first-order valence-electron chi connectivity index (χ1n) is 6.83. The Balaban J connectivity index is 2.06. The summed E-state index contributed by atoms with van der Waals surface area (Å²) in [6.07, 6.45) is -3.41. The molecule has 8 nitrogen and oxygen atoms in total. The maximum absolute atomic E-state index is 12.4. The van der Waals surface area contributed by atoms with Gasteiger partial charge in [-0.1, -0.05) is 13.8 Å². The van der Waals surface area contributed by atoms with Crippen LogP contribution in [0.15, 0.2) is 22.8 Å². The summed E-state index contributed by atoms with van der Waals surface area (Å²) in [6.45, 7) is 3.32. The first-order valence-corrected chi connectivity index (χ1v) is 6.83. The average Bonchev–Trinajstić information content (AvgIpc) is 3.14. The number of hydrogen-bond donors (Lipinski definition) is 3. The molecule has 0 saturated heterocycles. The Hall–Kier alpha value is -2.85. The summed E-state index contributed by atoms with van der Waals surface area (Å²) in [4.78, 5) is 27.3. The molecule has 130 valence electrons. The smallest absolute Gasteiger partial charge is 0.451 e. The Kier molecular flexibility index (Phi) is 4.90. The summed E-state index contributed by atoms with van der Waals surface area (Å²) in [5.41, 5.74) is 0. The number of alkyl halides is 3. The van der Waals surface area contributed by atoms with Gasteiger partial charge in [0.05, 0.1) is 6.26 Å². The first kappa shape index (κ1) is 17.5. The van der Waals surface area contributed by atoms with E-state index >= 15 is 0 Å². The molecule has 2 heterocycles. The third kappa shape index (κ3) is 4.12. The van der Waals surface area contributed by atoms with Crippen molar-refractivity contribution in [2.24, 2.45) is 5.92 Å². The number of hydrogen-bond acceptors (Lipinski definition) is 5. The van der Waals surface area contributed by atoms with E-state index in [-0.39, 0.29) is 11.7 Å². The third-order valence-corrected chi connectivity index (χ3v) is 2.97. The van der Waals surface area contributed by atoms with Crippen LogP contribution >= 0.6 is 0 Å². The molecule has 0 spiro atoms. The summed E-state index contributed by atoms with van der Waals surface area (Å²) >= 11 is 0. The molecule has 24 heavy (non-hydrogen) atoms. The van der Waals surface area contributed by atoms with Gasteiger partial charge in [-0.05, 0) is 18.1 Å². The minimum atomic E-state index is -4.71. The SMILES string of the molecule is CC(C)C(NC(=O)c1ccco1)C(=O)Nc1n[nH]c(C(F)(F)F)n1. The predicted molar refractivity (Wildman–Crippen MR) is 74.8 cm³/mol. The number of rotatable bonds is 5. The van der Waals surface area contributed by atoms with E-state index in [1.54, 1.807) is 18.9 Å². The molecule has 1 unspecified atom stereocenters. The normalized spacial score (nSPS) is 12.9. The van der Waals surface area contributed by atoms with Gasteiger partial charge in [-0.25, -0.2) is 0 Å². The number of carbonyl (C=O) groups is 2. The molecule has 0 saturated carbocycles. The lowest BCUT2D eigenvalue weighted by Crippen LogP contribution is -2.47. The zero-order chi connectivity index (χ0) is 17.9. The summed E-state index contributed by atoms with van der Waals surface area (Å²) in [5, 5.41) is 9.53. The molecule has 0 bridgehead atoms. The van der Waals surface area contributed by atoms with Crippen molar-refractivity contribution >= 4 is 17.8 Å². The highest BCUT2D eigenvalue weighted by molar-refractivity contribution is 5.99. The fraction of sp³-hybridized carbons (Fsp3) is 0.385. The lowest BCUT2D eigenvalue weighted by atomic mass is 10.0. The minimum absolute atomic E-state index is 0.00528. The van der Waals surface area contributed by atoms with Crippen LogP contribution in [0.25, 0.3) is 0 Å². The third-order valence-electron chi connectivity index (χ3n) is 2.97. The maximum atomic E-state index is 12.4. The standard InChI is InChI=1S/C13H14F3N5O3/c1-6(2)8(17-9(22)7-4-3-5-24-7)10(23)18-12-19-11(20-21-12)13(14,15)16/h3-6,8H,1-2H3,(H,17,22)(H2,18,19,20,21,23). The molecule has 2 amide bonds. The summed E-state index contributed by atoms with van der Waals surface area (Å²) in [5.74, 6) is -3.59. The molecular formula is C13H14F3N5O3. The number of anilines is 1. The van der Waals surface area contributed by atoms with Crippen molar-refractivity contribution in [1.82, 2.24) is 20.5 Å². The van der Waals surface area contributed by atoms with E-state index < -0.39 is 35.8 Å². The zero-order valence-electron chi connectivity index (χ0n) is 12.6. The lowest BCUT2D eigenvalue weighted by Gasteiger charge is -2.20. The van der Waals surface area contributed by atoms with Crippen LogP contribution in [-0.2, 0) is 11.0 Å². The van der Waals surface area contributed by atoms with Crippen molar-refractivity contribution in [3.63, 3.8) is 0 Å². The Morgan fingerprint density at radius 3 is 2.54 bits per heavy atom. The molecule has 0 radical (unpaired) electrons. The largest absolute Gasteiger partial charge is 0.459 e. The molecule has 0 aliphatic rings. The second kappa shape index (κ2) is 6.72. The molecule has 0 aromatic carbocycles. The van der Waals surface area contributed by atoms with Crippen LogP contribution in [-0.4, -0.2) is 33.0 Å². The van der Waals surface area contributed by atoms with Gasteiger partial charge in [-0.15, -0.1) is 5.10 Å². The van der Waals surface area contributed by atoms with Gasteiger partial charge in [0.15, 0.2) is 5.76 Å². The molecule has 1 atom stereocenters. The number of nitrogens with one attached hydrogen (secondary N) is 3. The molecular weight excluding hydrogens is 331 g/mol. The molecule has 11 heteroatoms. The molecule has 3 N–H and O–H groups in total. The predicted octanol–water partition coefficient (Wildman–Crippen LogP) is 1.81. The number of halogens is 3. The van der Waals surface area contributed by atoms with Crippen molar-refractivity contribution in [3.05, 3.63) is 30.0 Å². The van der Waals surface area contributed by atoms with Crippen LogP contribution in [0.4, 0.5) is 19.1 Å². The number of aromatic nitrogens is 3. The van der Waals surface area contributed by atoms with Crippen LogP contribution < -0.4 is 10.6 Å². The summed E-state index contributed by atoms with van der Waals surface area (Å²) < 4.78 is 42.2. The molecule has 0 aliphatic carbocycles. The van der Waals surface area contributed by atoms with E-state index in [2.05, 4.69) is 20.7 Å². The van der Waals surface area contributed by atoms with Crippen molar-refractivity contribution in [2.45, 2.75) is 26.1 Å². The van der Waals surface area contributed by atoms with Crippen LogP contribution in [0.5, 0.6) is 0 Å². The number of aromatic amines is 1. The van der Waals surface area contributed by atoms with E-state index in [0.29, 0.717) is 0 Å². The Morgan fingerprint density at radius 1 is 1.33 bits per heavy atom. The highest BCUT2D eigenvalue weighted by Gasteiger charge is 2.36. The van der Waals surface area contributed by atoms with Crippen molar-refractivity contribution in [1.29, 1.82) is 0 Å². The summed E-state index contributed by atoms with van der Waals surface area (Å²) in [6, 6.07) is 1.90. The maximum Gasteiger partial charge on any atom is 0.451 e. The molecule has 2 aromatic rings. The number of H-pyrrole nitrogens is 1. The minimum Gasteiger partial charge on any atom is -0.459 e. The van der Waals surface area contributed by atoms with Crippen molar-refractivity contribution in [3.8, 4) is 0 Å². The molecule has 0 fully saturated rings. The number of carbonyl (C=O) groups excluding carboxylic acids is 2. The van der Waals surface area contributed by atoms with Crippen LogP contribution in [0.2, 0.25) is 0 Å². The molecule has 2 aromatic heterocycles. The van der Waals surface area contributed by atoms with Crippen LogP contribution in [0.1, 0.15) is 30.2 Å². The van der Waals surface area contributed by atoms with Gasteiger partial charge in [0, 0.05) is 0 Å². The number of amides is 2. The number of furan rings is 1. The first-order chi connectivity index (χ1) is 11.2. The van der Waals surface area contributed by atoms with E-state index in [0.717, 1.165) is 0 Å². The fourth-order valence-electron chi connectivity index (χ4n) is 1.79. The van der Waals surface area contributed by atoms with Crippen LogP contribution in [0.3, 0.4) is 0 Å². The van der Waals surface area contributed by atoms with Gasteiger partial charge in [0.2, 0.25) is 17.7 Å². The van der Waals surface area contributed by atoms with Gasteiger partial charge in [0.25, 0.3) is 5.91 Å². The molecule has 2 rings (SSSR count). The van der Waals surface area contributed by atoms with Crippen molar-refractivity contribution < 1.29 is 27.2 Å². The Bertz CT molecular complexity index is 709. The second-order valence-corrected chi connectivity index (χ2v) is 5.17. The highest BCUT2D eigenvalue weighted by Crippen LogP contribution is 2.26. The monoisotopic (exact) mass is 345 g/mol. The van der Waals surface area contributed by atoms with E-state index in [1.807, 2.05) is 0 Å². The zero-order valence-corrected chi connectivity index (χ0v) is 12.6. The quantitative estimate of drug-likeness (QED) is 0.765. The Morgan fingerprint density at radius 2 is 2.04 bits per heavy atom. The van der Waals surface area contributed by atoms with Crippen molar-refractivity contribution in [2.75, 3.05) is 5.32 Å². The van der Waals surface area contributed by atoms with Gasteiger partial charge < -0.3 is 9.73 Å². The lowest BCUT2D eigenvalue weighted by molar-refractivity contribution is -0.144. The highest BCUT2D eigenvalue weighted by atomic mass is 19.4. The van der Waals surface area contributed by atoms with E-state index in [4.69, 9.17) is 4.42 Å². The summed E-state index contributed by atoms with van der Waals surface area (Å²) in [7, 11) is 0. The van der Waals surface area contributed by atoms with Gasteiger partial charge in [0.1, 0.15) is 6.04 Å². The van der Waals surface area contributed by atoms with E-state index in [1.165, 1.54) is 18.4 Å². The topological polar surface area (TPSA) is 113 Å². The van der Waals surface area contributed by atoms with Gasteiger partial charge in [-0.2, -0.15) is 18.2 Å². The number of nitrogens with zero attached hydrogens (tertiary/aromatic N) is 2.